The Labute approximate surface area is 169 Å². The van der Waals surface area contributed by atoms with Gasteiger partial charge in [-0.1, -0.05) is 43.3 Å². The summed E-state index contributed by atoms with van der Waals surface area (Å²) < 4.78 is 46.1. The molecule has 3 nitrogen and oxygen atoms in total. The van der Waals surface area contributed by atoms with Gasteiger partial charge in [-0.25, -0.2) is 0 Å². The quantitative estimate of drug-likeness (QED) is 0.616. The fraction of sp³-hybridized carbons (Fsp3) is 0.435. The van der Waals surface area contributed by atoms with Crippen molar-refractivity contribution in [2.24, 2.45) is 0 Å². The molecule has 0 N–H and O–H groups in total. The second-order valence-electron chi connectivity index (χ2n) is 7.41. The molecule has 3 rings (SSSR count). The van der Waals surface area contributed by atoms with E-state index in [2.05, 4.69) is 0 Å². The number of alkyl halides is 3. The summed E-state index contributed by atoms with van der Waals surface area (Å²) in [5.74, 6) is 0.320. The van der Waals surface area contributed by atoms with Gasteiger partial charge in [-0.2, -0.15) is 13.2 Å². The number of hydrogen-bond acceptors (Lipinski definition) is 2. The predicted molar refractivity (Wildman–Crippen MR) is 106 cm³/mol. The monoisotopic (exact) mass is 405 g/mol. The summed E-state index contributed by atoms with van der Waals surface area (Å²) >= 11 is 0. The van der Waals surface area contributed by atoms with Crippen molar-refractivity contribution < 1.29 is 22.7 Å². The van der Waals surface area contributed by atoms with Gasteiger partial charge < -0.3 is 9.64 Å². The molecule has 1 amide bonds. The van der Waals surface area contributed by atoms with Crippen molar-refractivity contribution in [1.82, 2.24) is 4.90 Å². The van der Waals surface area contributed by atoms with Crippen molar-refractivity contribution in [2.75, 3.05) is 13.7 Å². The molecule has 0 heterocycles. The van der Waals surface area contributed by atoms with Crippen LogP contribution in [0, 0.1) is 0 Å². The summed E-state index contributed by atoms with van der Waals surface area (Å²) in [4.78, 5) is 15.5. The van der Waals surface area contributed by atoms with Gasteiger partial charge in [0.15, 0.2) is 0 Å². The molecule has 0 saturated heterocycles. The van der Waals surface area contributed by atoms with Crippen LogP contribution < -0.4 is 4.74 Å². The zero-order valence-corrected chi connectivity index (χ0v) is 16.9. The molecule has 0 aromatic heterocycles. The first-order chi connectivity index (χ1) is 13.8. The molecule has 0 aliphatic heterocycles. The first kappa shape index (κ1) is 21.2. The highest BCUT2D eigenvalue weighted by Gasteiger charge is 2.47. The van der Waals surface area contributed by atoms with Crippen LogP contribution in [0.4, 0.5) is 13.2 Å². The smallest absolute Gasteiger partial charge is 0.416 e. The van der Waals surface area contributed by atoms with Gasteiger partial charge in [0.1, 0.15) is 11.2 Å². The zero-order chi connectivity index (χ0) is 21.2. The molecule has 2 aromatic rings. The lowest BCUT2D eigenvalue weighted by atomic mass is 9.70. The molecule has 0 bridgehead atoms. The molecule has 1 aliphatic rings. The third kappa shape index (κ3) is 3.98. The number of carbonyl (C=O) groups excluding carboxylic acids is 1. The summed E-state index contributed by atoms with van der Waals surface area (Å²) in [5, 5.41) is 0. The average Bonchev–Trinajstić information content (AvgIpc) is 3.54. The number of para-hydroxylation sites is 1. The topological polar surface area (TPSA) is 29.5 Å². The van der Waals surface area contributed by atoms with Gasteiger partial charge in [0, 0.05) is 18.7 Å². The molecule has 1 atom stereocenters. The molecule has 1 aliphatic carbocycles. The maximum Gasteiger partial charge on any atom is 0.416 e. The van der Waals surface area contributed by atoms with Gasteiger partial charge >= 0.3 is 6.18 Å². The summed E-state index contributed by atoms with van der Waals surface area (Å²) in [7, 11) is 1.74. The van der Waals surface area contributed by atoms with E-state index in [1.807, 2.05) is 13.8 Å². The van der Waals surface area contributed by atoms with Gasteiger partial charge in [-0.3, -0.25) is 4.79 Å². The predicted octanol–water partition coefficient (Wildman–Crippen LogP) is 5.42. The Morgan fingerprint density at radius 1 is 1.07 bits per heavy atom. The van der Waals surface area contributed by atoms with Crippen LogP contribution in [0.1, 0.15) is 49.8 Å². The lowest BCUT2D eigenvalue weighted by Gasteiger charge is -2.37. The number of hydrogen-bond donors (Lipinski definition) is 0. The van der Waals surface area contributed by atoms with Gasteiger partial charge in [0.05, 0.1) is 12.2 Å². The second-order valence-corrected chi connectivity index (χ2v) is 7.41. The normalized spacial score (nSPS) is 16.2. The van der Waals surface area contributed by atoms with Crippen molar-refractivity contribution in [2.45, 2.75) is 50.7 Å². The SMILES string of the molecule is CCOc1ccccc1C(CC)(C(=O)N(C)C1CC1)c1cccc(C(F)(F)F)c1. The largest absolute Gasteiger partial charge is 0.494 e. The van der Waals surface area contributed by atoms with E-state index in [0.29, 0.717) is 29.9 Å². The lowest BCUT2D eigenvalue weighted by molar-refractivity contribution is -0.138. The van der Waals surface area contributed by atoms with Crippen LogP contribution in [0.25, 0.3) is 0 Å². The Hall–Kier alpha value is -2.50. The van der Waals surface area contributed by atoms with Crippen molar-refractivity contribution in [3.05, 3.63) is 65.2 Å². The Morgan fingerprint density at radius 2 is 1.72 bits per heavy atom. The summed E-state index contributed by atoms with van der Waals surface area (Å²) in [6.07, 6.45) is -2.34. The molecule has 6 heteroatoms. The molecule has 156 valence electrons. The van der Waals surface area contributed by atoms with Crippen LogP contribution in [0.15, 0.2) is 48.5 Å². The van der Waals surface area contributed by atoms with Gasteiger partial charge in [0.2, 0.25) is 5.91 Å². The van der Waals surface area contributed by atoms with E-state index in [-0.39, 0.29) is 11.9 Å². The van der Waals surface area contributed by atoms with E-state index < -0.39 is 17.2 Å². The number of benzene rings is 2. The maximum atomic E-state index is 13.8. The number of nitrogens with zero attached hydrogens (tertiary/aromatic N) is 1. The van der Waals surface area contributed by atoms with Gasteiger partial charge in [-0.05, 0) is 43.9 Å². The highest BCUT2D eigenvalue weighted by Crippen LogP contribution is 2.45. The molecule has 1 unspecified atom stereocenters. The van der Waals surface area contributed by atoms with Gasteiger partial charge in [0.25, 0.3) is 0 Å². The van der Waals surface area contributed by atoms with E-state index in [1.165, 1.54) is 6.07 Å². The van der Waals surface area contributed by atoms with E-state index in [4.69, 9.17) is 4.74 Å². The van der Waals surface area contributed by atoms with E-state index in [0.717, 1.165) is 25.0 Å². The van der Waals surface area contributed by atoms with Crippen molar-refractivity contribution in [3.63, 3.8) is 0 Å². The first-order valence-corrected chi connectivity index (χ1v) is 9.93. The summed E-state index contributed by atoms with van der Waals surface area (Å²) in [5.41, 5.74) is -1.09. The Balaban J connectivity index is 2.26. The lowest BCUT2D eigenvalue weighted by Crippen LogP contribution is -2.47. The molecule has 0 radical (unpaired) electrons. The summed E-state index contributed by atoms with van der Waals surface area (Å²) in [6, 6.07) is 12.4. The first-order valence-electron chi connectivity index (χ1n) is 9.93. The van der Waals surface area contributed by atoms with Crippen LogP contribution in [0.2, 0.25) is 0 Å². The Bertz CT molecular complexity index is 876. The van der Waals surface area contributed by atoms with Crippen LogP contribution in [0.5, 0.6) is 5.75 Å². The van der Waals surface area contributed by atoms with Crippen molar-refractivity contribution >= 4 is 5.91 Å². The number of halogens is 3. The molecule has 2 aromatic carbocycles. The Morgan fingerprint density at radius 3 is 2.31 bits per heavy atom. The molecule has 29 heavy (non-hydrogen) atoms. The fourth-order valence-corrected chi connectivity index (χ4v) is 3.93. The minimum absolute atomic E-state index is 0.137. The minimum Gasteiger partial charge on any atom is -0.494 e. The summed E-state index contributed by atoms with van der Waals surface area (Å²) in [6.45, 7) is 4.07. The van der Waals surface area contributed by atoms with Crippen LogP contribution in [-0.2, 0) is 16.4 Å². The number of likely N-dealkylation sites (N-methyl/N-ethyl adjacent to an activating group) is 1. The van der Waals surface area contributed by atoms with Crippen LogP contribution in [0.3, 0.4) is 0 Å². The van der Waals surface area contributed by atoms with E-state index in [9.17, 15) is 18.0 Å². The van der Waals surface area contributed by atoms with Crippen molar-refractivity contribution in [1.29, 1.82) is 0 Å². The molecular weight excluding hydrogens is 379 g/mol. The highest BCUT2D eigenvalue weighted by atomic mass is 19.4. The maximum absolute atomic E-state index is 13.8. The molecule has 1 saturated carbocycles. The number of carbonyl (C=O) groups is 1. The molecule has 1 fully saturated rings. The molecular formula is C23H26F3NO2. The number of rotatable bonds is 7. The molecule has 0 spiro atoms. The van der Waals surface area contributed by atoms with Crippen molar-refractivity contribution in [3.8, 4) is 5.75 Å². The van der Waals surface area contributed by atoms with Crippen LogP contribution in [-0.4, -0.2) is 30.5 Å². The number of ether oxygens (including phenoxy) is 1. The van der Waals surface area contributed by atoms with E-state index >= 15 is 0 Å². The Kier molecular flexibility index (Phi) is 5.92. The highest BCUT2D eigenvalue weighted by molar-refractivity contribution is 5.93. The number of amides is 1. The standard InChI is InChI=1S/C23H26F3NO2/c1-4-22(21(28)27(3)18-13-14-18,19-11-6-7-12-20(19)29-5-2)16-9-8-10-17(15-16)23(24,25)26/h6-12,15,18H,4-5,13-14H2,1-3H3. The minimum atomic E-state index is -4.49. The van der Waals surface area contributed by atoms with Crippen LogP contribution >= 0.6 is 0 Å². The van der Waals surface area contributed by atoms with Gasteiger partial charge in [-0.15, -0.1) is 0 Å². The zero-order valence-electron chi connectivity index (χ0n) is 16.9. The fourth-order valence-electron chi connectivity index (χ4n) is 3.93. The second kappa shape index (κ2) is 8.09. The third-order valence-corrected chi connectivity index (χ3v) is 5.64. The third-order valence-electron chi connectivity index (χ3n) is 5.64. The van der Waals surface area contributed by atoms with E-state index in [1.54, 1.807) is 42.3 Å². The average molecular weight is 405 g/mol.